The molecule has 144 valence electrons. The molecule has 8 heteroatoms. The molecule has 0 aromatic carbocycles. The van der Waals surface area contributed by atoms with Gasteiger partial charge in [0.1, 0.15) is 12.1 Å². The van der Waals surface area contributed by atoms with E-state index in [0.29, 0.717) is 36.6 Å². The maximum absolute atomic E-state index is 11.9. The first-order valence-electron chi connectivity index (χ1n) is 9.69. The predicted octanol–water partition coefficient (Wildman–Crippen LogP) is 1.00. The van der Waals surface area contributed by atoms with E-state index in [0.717, 1.165) is 50.7 Å². The summed E-state index contributed by atoms with van der Waals surface area (Å²) in [5.74, 6) is 3.10. The minimum Gasteiger partial charge on any atom is -0.356 e. The number of nitrogens with zero attached hydrogens (tertiary/aromatic N) is 5. The molecule has 7 nitrogen and oxygen atoms in total. The van der Waals surface area contributed by atoms with Gasteiger partial charge in [-0.1, -0.05) is 13.8 Å². The summed E-state index contributed by atoms with van der Waals surface area (Å²) in [6.07, 6.45) is 2.46. The third kappa shape index (κ3) is 3.59. The normalized spacial score (nSPS) is 29.0. The van der Waals surface area contributed by atoms with E-state index in [2.05, 4.69) is 39.7 Å². The lowest BCUT2D eigenvalue weighted by Gasteiger charge is -2.24. The molecule has 0 radical (unpaired) electrons. The molecule has 4 rings (SSSR count). The molecule has 3 aliphatic rings. The maximum atomic E-state index is 11.9. The molecule has 3 aliphatic heterocycles. The summed E-state index contributed by atoms with van der Waals surface area (Å²) in [6.45, 7) is 10.7. The van der Waals surface area contributed by atoms with Gasteiger partial charge < -0.3 is 9.80 Å². The highest BCUT2D eigenvalue weighted by molar-refractivity contribution is 7.89. The van der Waals surface area contributed by atoms with Crippen LogP contribution in [0.15, 0.2) is 12.4 Å². The quantitative estimate of drug-likeness (QED) is 0.760. The zero-order chi connectivity index (χ0) is 18.3. The monoisotopic (exact) mass is 379 g/mol. The van der Waals surface area contributed by atoms with Crippen LogP contribution in [-0.4, -0.2) is 79.2 Å². The minimum absolute atomic E-state index is 0.324. The van der Waals surface area contributed by atoms with Gasteiger partial charge in [-0.3, -0.25) is 0 Å². The van der Waals surface area contributed by atoms with Crippen LogP contribution in [-0.2, 0) is 10.0 Å². The smallest absolute Gasteiger partial charge is 0.214 e. The van der Waals surface area contributed by atoms with E-state index in [9.17, 15) is 8.42 Å². The molecule has 4 heterocycles. The number of fused-ring (bicyclic) bond motifs is 1. The number of anilines is 1. The van der Waals surface area contributed by atoms with Crippen molar-refractivity contribution in [2.75, 3.05) is 56.5 Å². The first kappa shape index (κ1) is 18.1. The minimum atomic E-state index is -2.97. The summed E-state index contributed by atoms with van der Waals surface area (Å²) >= 11 is 0. The lowest BCUT2D eigenvalue weighted by atomic mass is 10.0. The van der Waals surface area contributed by atoms with Crippen LogP contribution in [0.25, 0.3) is 0 Å². The molecule has 2 atom stereocenters. The number of sulfonamides is 1. The van der Waals surface area contributed by atoms with Crippen molar-refractivity contribution in [3.05, 3.63) is 18.1 Å². The van der Waals surface area contributed by atoms with Gasteiger partial charge in [0, 0.05) is 57.6 Å². The van der Waals surface area contributed by atoms with Crippen molar-refractivity contribution in [3.8, 4) is 0 Å². The van der Waals surface area contributed by atoms with E-state index in [1.54, 1.807) is 10.6 Å². The Kier molecular flexibility index (Phi) is 4.92. The van der Waals surface area contributed by atoms with Gasteiger partial charge in [0.25, 0.3) is 0 Å². The van der Waals surface area contributed by atoms with Gasteiger partial charge in [0.05, 0.1) is 5.75 Å². The molecule has 0 saturated carbocycles. The fraction of sp³-hybridized carbons (Fsp3) is 0.778. The van der Waals surface area contributed by atoms with Gasteiger partial charge in [-0.25, -0.2) is 22.7 Å². The molecule has 3 fully saturated rings. The molecule has 1 aromatic heterocycles. The average Bonchev–Trinajstić information content (AvgIpc) is 3.25. The largest absolute Gasteiger partial charge is 0.356 e. The second-order valence-corrected chi connectivity index (χ2v) is 10.3. The lowest BCUT2D eigenvalue weighted by Crippen LogP contribution is -2.36. The fourth-order valence-electron chi connectivity index (χ4n) is 4.51. The van der Waals surface area contributed by atoms with Gasteiger partial charge in [0.15, 0.2) is 0 Å². The molecule has 26 heavy (non-hydrogen) atoms. The highest BCUT2D eigenvalue weighted by Crippen LogP contribution is 2.33. The summed E-state index contributed by atoms with van der Waals surface area (Å²) in [7, 11) is -2.97. The van der Waals surface area contributed by atoms with E-state index in [4.69, 9.17) is 0 Å². The van der Waals surface area contributed by atoms with Crippen molar-refractivity contribution in [2.45, 2.75) is 26.2 Å². The molecule has 0 bridgehead atoms. The Labute approximate surface area is 156 Å². The van der Waals surface area contributed by atoms with Crippen molar-refractivity contribution in [1.29, 1.82) is 0 Å². The predicted molar refractivity (Wildman–Crippen MR) is 102 cm³/mol. The van der Waals surface area contributed by atoms with Crippen LogP contribution in [0, 0.1) is 11.8 Å². The number of likely N-dealkylation sites (tertiary alicyclic amines) is 1. The first-order valence-corrected chi connectivity index (χ1v) is 11.3. The van der Waals surface area contributed by atoms with Crippen molar-refractivity contribution in [3.63, 3.8) is 0 Å². The Balaban J connectivity index is 1.31. The molecule has 1 aromatic rings. The third-order valence-electron chi connectivity index (χ3n) is 6.02. The van der Waals surface area contributed by atoms with E-state index in [-0.39, 0.29) is 0 Å². The summed E-state index contributed by atoms with van der Waals surface area (Å²) in [5, 5.41) is 0. The second kappa shape index (κ2) is 7.05. The van der Waals surface area contributed by atoms with Crippen molar-refractivity contribution in [2.24, 2.45) is 11.8 Å². The number of hydrogen-bond donors (Lipinski definition) is 0. The SMILES string of the molecule is CC(C)c1cc(N2CC3CN(CCN4CCCS4(=O)=O)CC3C2)ncn1. The highest BCUT2D eigenvalue weighted by Gasteiger charge is 2.40. The number of aromatic nitrogens is 2. The Morgan fingerprint density at radius 2 is 1.85 bits per heavy atom. The summed E-state index contributed by atoms with van der Waals surface area (Å²) in [5.41, 5.74) is 1.10. The molecule has 2 unspecified atom stereocenters. The fourth-order valence-corrected chi connectivity index (χ4v) is 6.02. The third-order valence-corrected chi connectivity index (χ3v) is 7.98. The molecule has 3 saturated heterocycles. The van der Waals surface area contributed by atoms with Crippen LogP contribution in [0.3, 0.4) is 0 Å². The van der Waals surface area contributed by atoms with Gasteiger partial charge in [-0.2, -0.15) is 0 Å². The Morgan fingerprint density at radius 3 is 2.46 bits per heavy atom. The van der Waals surface area contributed by atoms with Gasteiger partial charge in [-0.15, -0.1) is 0 Å². The molecular formula is C18H29N5O2S. The number of hydrogen-bond acceptors (Lipinski definition) is 6. The Bertz CT molecular complexity index is 740. The van der Waals surface area contributed by atoms with Gasteiger partial charge >= 0.3 is 0 Å². The van der Waals surface area contributed by atoms with Crippen LogP contribution >= 0.6 is 0 Å². The van der Waals surface area contributed by atoms with Gasteiger partial charge in [-0.05, 0) is 24.2 Å². The highest BCUT2D eigenvalue weighted by atomic mass is 32.2. The average molecular weight is 380 g/mol. The Morgan fingerprint density at radius 1 is 1.12 bits per heavy atom. The first-order chi connectivity index (χ1) is 12.4. The zero-order valence-electron chi connectivity index (χ0n) is 15.7. The van der Waals surface area contributed by atoms with Crippen LogP contribution in [0.4, 0.5) is 5.82 Å². The van der Waals surface area contributed by atoms with E-state index >= 15 is 0 Å². The van der Waals surface area contributed by atoms with Crippen LogP contribution in [0.1, 0.15) is 31.9 Å². The molecule has 0 amide bonds. The second-order valence-electron chi connectivity index (χ2n) is 8.21. The summed E-state index contributed by atoms with van der Waals surface area (Å²) in [6, 6.07) is 2.13. The lowest BCUT2D eigenvalue weighted by molar-refractivity contribution is 0.286. The van der Waals surface area contributed by atoms with Crippen molar-refractivity contribution in [1.82, 2.24) is 19.2 Å². The molecule has 0 aliphatic carbocycles. The summed E-state index contributed by atoms with van der Waals surface area (Å²) < 4.78 is 25.5. The van der Waals surface area contributed by atoms with E-state index in [1.807, 2.05) is 0 Å². The molecular weight excluding hydrogens is 350 g/mol. The maximum Gasteiger partial charge on any atom is 0.214 e. The number of rotatable bonds is 5. The van der Waals surface area contributed by atoms with E-state index in [1.165, 1.54) is 0 Å². The van der Waals surface area contributed by atoms with Gasteiger partial charge in [0.2, 0.25) is 10.0 Å². The summed E-state index contributed by atoms with van der Waals surface area (Å²) in [4.78, 5) is 13.7. The standard InChI is InChI=1S/C18H29N5O2S/c1-14(2)17-8-18(20-13-19-17)22-11-15-9-21(10-16(15)12-22)5-6-23-4-3-7-26(23,24)25/h8,13-16H,3-7,9-12H2,1-2H3. The van der Waals surface area contributed by atoms with Crippen LogP contribution < -0.4 is 4.90 Å². The van der Waals surface area contributed by atoms with Crippen molar-refractivity contribution >= 4 is 15.8 Å². The van der Waals surface area contributed by atoms with Crippen molar-refractivity contribution < 1.29 is 8.42 Å². The zero-order valence-corrected chi connectivity index (χ0v) is 16.5. The Hall–Kier alpha value is -1.25. The van der Waals surface area contributed by atoms with Crippen LogP contribution in [0.5, 0.6) is 0 Å². The topological polar surface area (TPSA) is 69.6 Å². The van der Waals surface area contributed by atoms with Crippen LogP contribution in [0.2, 0.25) is 0 Å². The molecule has 0 N–H and O–H groups in total. The van der Waals surface area contributed by atoms with E-state index < -0.39 is 10.0 Å². The molecule has 0 spiro atoms.